The zero-order chi connectivity index (χ0) is 14.5. The Morgan fingerprint density at radius 2 is 2.30 bits per heavy atom. The monoisotopic (exact) mass is 294 g/mol. The Kier molecular flexibility index (Phi) is 4.37. The number of benzene rings is 1. The molecular formula is C13H11ClN2O4. The minimum atomic E-state index is -1.05. The van der Waals surface area contributed by atoms with Gasteiger partial charge in [-0.25, -0.2) is 9.42 Å². The van der Waals surface area contributed by atoms with E-state index in [0.29, 0.717) is 27.7 Å². The molecule has 0 aliphatic heterocycles. The highest BCUT2D eigenvalue weighted by molar-refractivity contribution is 6.32. The molecular weight excluding hydrogens is 284 g/mol. The molecule has 20 heavy (non-hydrogen) atoms. The third-order valence-corrected chi connectivity index (χ3v) is 2.80. The van der Waals surface area contributed by atoms with Gasteiger partial charge in [-0.3, -0.25) is 0 Å². The van der Waals surface area contributed by atoms with E-state index in [2.05, 4.69) is 14.9 Å². The zero-order valence-electron chi connectivity index (χ0n) is 10.5. The highest BCUT2D eigenvalue weighted by Gasteiger charge is 2.10. The second-order valence-corrected chi connectivity index (χ2v) is 4.32. The lowest BCUT2D eigenvalue weighted by atomic mass is 10.2. The zero-order valence-corrected chi connectivity index (χ0v) is 11.3. The number of carboxylic acids is 1. The minimum Gasteiger partial charge on any atom is -0.485 e. The highest BCUT2D eigenvalue weighted by Crippen LogP contribution is 2.30. The van der Waals surface area contributed by atoms with Gasteiger partial charge < -0.3 is 9.84 Å². The Bertz CT molecular complexity index is 652. The number of aliphatic carboxylic acids is 1. The summed E-state index contributed by atoms with van der Waals surface area (Å²) in [4.78, 5) is 10.6. The highest BCUT2D eigenvalue weighted by atomic mass is 35.5. The second-order valence-electron chi connectivity index (χ2n) is 3.91. The molecule has 0 radical (unpaired) electrons. The average molecular weight is 295 g/mol. The summed E-state index contributed by atoms with van der Waals surface area (Å²) in [5.74, 6) is -0.665. The van der Waals surface area contributed by atoms with Gasteiger partial charge in [0.15, 0.2) is 0 Å². The molecule has 0 spiro atoms. The molecule has 2 rings (SSSR count). The predicted octanol–water partition coefficient (Wildman–Crippen LogP) is 2.71. The molecule has 1 heterocycles. The number of carbonyl (C=O) groups is 1. The first kappa shape index (κ1) is 14.1. The lowest BCUT2D eigenvalue weighted by Crippen LogP contribution is -2.00. The van der Waals surface area contributed by atoms with Crippen molar-refractivity contribution in [1.82, 2.24) is 10.3 Å². The van der Waals surface area contributed by atoms with Crippen molar-refractivity contribution in [2.45, 2.75) is 13.5 Å². The van der Waals surface area contributed by atoms with Gasteiger partial charge in [0.05, 0.1) is 5.02 Å². The summed E-state index contributed by atoms with van der Waals surface area (Å²) < 4.78 is 10.2. The molecule has 6 nitrogen and oxygen atoms in total. The van der Waals surface area contributed by atoms with Crippen molar-refractivity contribution in [3.8, 4) is 5.75 Å². The van der Waals surface area contributed by atoms with Gasteiger partial charge in [-0.05, 0) is 19.1 Å². The van der Waals surface area contributed by atoms with E-state index in [9.17, 15) is 4.79 Å². The fraction of sp³-hybridized carbons (Fsp3) is 0.154. The van der Waals surface area contributed by atoms with Crippen LogP contribution in [0, 0.1) is 6.92 Å². The van der Waals surface area contributed by atoms with E-state index in [1.54, 1.807) is 25.1 Å². The van der Waals surface area contributed by atoms with Crippen LogP contribution >= 0.6 is 11.6 Å². The summed E-state index contributed by atoms with van der Waals surface area (Å²) in [6, 6.07) is 5.07. The lowest BCUT2D eigenvalue weighted by molar-refractivity contribution is -0.131. The topological polar surface area (TPSA) is 85.5 Å². The van der Waals surface area contributed by atoms with Crippen LogP contribution in [0.1, 0.15) is 17.0 Å². The summed E-state index contributed by atoms with van der Waals surface area (Å²) in [6.45, 7) is 1.88. The van der Waals surface area contributed by atoms with Crippen LogP contribution in [-0.2, 0) is 11.4 Å². The van der Waals surface area contributed by atoms with E-state index < -0.39 is 5.97 Å². The number of hydrogen-bond acceptors (Lipinski definition) is 5. The van der Waals surface area contributed by atoms with Crippen LogP contribution in [0.2, 0.25) is 5.02 Å². The maximum atomic E-state index is 10.6. The first-order valence-electron chi connectivity index (χ1n) is 5.68. The molecule has 1 N–H and O–H groups in total. The smallest absolute Gasteiger partial charge is 0.328 e. The van der Waals surface area contributed by atoms with Crippen LogP contribution in [-0.4, -0.2) is 21.4 Å². The van der Waals surface area contributed by atoms with Gasteiger partial charge in [0.2, 0.25) is 0 Å². The van der Waals surface area contributed by atoms with Gasteiger partial charge in [-0.2, -0.15) is 0 Å². The second kappa shape index (κ2) is 6.21. The number of rotatable bonds is 5. The molecule has 0 atom stereocenters. The molecule has 1 aromatic heterocycles. The van der Waals surface area contributed by atoms with Crippen LogP contribution in [0.5, 0.6) is 5.75 Å². The lowest BCUT2D eigenvalue weighted by Gasteiger charge is -2.09. The summed E-state index contributed by atoms with van der Waals surface area (Å²) in [7, 11) is 0. The van der Waals surface area contributed by atoms with E-state index in [4.69, 9.17) is 21.4 Å². The number of para-hydroxylation sites is 1. The number of carboxylic acid groups (broad SMARTS) is 1. The maximum absolute atomic E-state index is 10.6. The van der Waals surface area contributed by atoms with Gasteiger partial charge in [0.1, 0.15) is 23.7 Å². The molecule has 0 fully saturated rings. The van der Waals surface area contributed by atoms with Crippen molar-refractivity contribution >= 4 is 23.6 Å². The van der Waals surface area contributed by atoms with Crippen molar-refractivity contribution in [2.24, 2.45) is 0 Å². The van der Waals surface area contributed by atoms with Crippen molar-refractivity contribution in [3.05, 3.63) is 46.2 Å². The molecule has 0 bridgehead atoms. The summed E-state index contributed by atoms with van der Waals surface area (Å²) in [5.41, 5.74) is 1.74. The molecule has 0 amide bonds. The fourth-order valence-corrected chi connectivity index (χ4v) is 1.73. The van der Waals surface area contributed by atoms with Crippen LogP contribution in [0.3, 0.4) is 0 Å². The summed E-state index contributed by atoms with van der Waals surface area (Å²) in [6.07, 6.45) is 2.43. The number of halogens is 1. The number of aryl methyl sites for hydroxylation is 1. The Morgan fingerprint density at radius 1 is 1.50 bits per heavy atom. The number of aromatic nitrogens is 2. The third-order valence-electron chi connectivity index (χ3n) is 2.50. The maximum Gasteiger partial charge on any atom is 0.328 e. The Balaban J connectivity index is 2.22. The van der Waals surface area contributed by atoms with Crippen LogP contribution in [0.4, 0.5) is 0 Å². The van der Waals surface area contributed by atoms with Gasteiger partial charge in [-0.15, -0.1) is 0 Å². The first-order valence-corrected chi connectivity index (χ1v) is 6.06. The quantitative estimate of drug-likeness (QED) is 0.853. The van der Waals surface area contributed by atoms with Crippen molar-refractivity contribution in [3.63, 3.8) is 0 Å². The molecule has 0 saturated heterocycles. The number of ether oxygens (including phenoxy) is 1. The number of nitrogens with zero attached hydrogens (tertiary/aromatic N) is 2. The van der Waals surface area contributed by atoms with E-state index in [0.717, 1.165) is 6.08 Å². The molecule has 7 heteroatoms. The molecule has 0 saturated carbocycles. The van der Waals surface area contributed by atoms with Crippen LogP contribution in [0.15, 0.2) is 28.9 Å². The van der Waals surface area contributed by atoms with E-state index in [1.165, 1.54) is 6.08 Å². The fourth-order valence-electron chi connectivity index (χ4n) is 1.49. The molecule has 0 unspecified atom stereocenters. The molecule has 104 valence electrons. The number of hydrogen-bond donors (Lipinski definition) is 1. The Labute approximate surface area is 119 Å². The van der Waals surface area contributed by atoms with Gasteiger partial charge in [-0.1, -0.05) is 34.0 Å². The summed E-state index contributed by atoms with van der Waals surface area (Å²) >= 11 is 6.06. The van der Waals surface area contributed by atoms with Crippen LogP contribution < -0.4 is 4.74 Å². The normalized spacial score (nSPS) is 10.9. The van der Waals surface area contributed by atoms with Crippen molar-refractivity contribution < 1.29 is 19.3 Å². The standard InChI is InChI=1S/C13H11ClN2O4/c1-8-11(16-20-15-8)7-19-13-9(5-6-12(17)18)3-2-4-10(13)14/h2-6H,7H2,1H3,(H,17,18)/b6-5+. The predicted molar refractivity (Wildman–Crippen MR) is 71.5 cm³/mol. The van der Waals surface area contributed by atoms with E-state index in [1.807, 2.05) is 0 Å². The molecule has 0 aliphatic rings. The minimum absolute atomic E-state index is 0.132. The van der Waals surface area contributed by atoms with Crippen molar-refractivity contribution in [2.75, 3.05) is 0 Å². The van der Waals surface area contributed by atoms with Gasteiger partial charge in [0.25, 0.3) is 0 Å². The van der Waals surface area contributed by atoms with E-state index in [-0.39, 0.29) is 6.61 Å². The van der Waals surface area contributed by atoms with Gasteiger partial charge >= 0.3 is 5.97 Å². The first-order chi connectivity index (χ1) is 9.58. The third kappa shape index (κ3) is 3.36. The van der Waals surface area contributed by atoms with Crippen LogP contribution in [0.25, 0.3) is 6.08 Å². The van der Waals surface area contributed by atoms with Gasteiger partial charge in [0, 0.05) is 11.6 Å². The Morgan fingerprint density at radius 3 is 2.95 bits per heavy atom. The Hall–Kier alpha value is -2.34. The van der Waals surface area contributed by atoms with E-state index >= 15 is 0 Å². The SMILES string of the molecule is Cc1nonc1COc1c(Cl)cccc1/C=C/C(=O)O. The van der Waals surface area contributed by atoms with Crippen molar-refractivity contribution in [1.29, 1.82) is 0 Å². The average Bonchev–Trinajstić information content (AvgIpc) is 2.81. The largest absolute Gasteiger partial charge is 0.485 e. The summed E-state index contributed by atoms with van der Waals surface area (Å²) in [5, 5.41) is 16.4. The molecule has 1 aromatic carbocycles. The molecule has 2 aromatic rings. The molecule has 0 aliphatic carbocycles.